The van der Waals surface area contributed by atoms with Crippen LogP contribution in [0.1, 0.15) is 11.1 Å². The molecule has 5 rings (SSSR count). The van der Waals surface area contributed by atoms with Crippen molar-refractivity contribution < 1.29 is 22.6 Å². The molecule has 0 amide bonds. The van der Waals surface area contributed by atoms with Gasteiger partial charge in [0.25, 0.3) is 0 Å². The molecule has 38 heavy (non-hydrogen) atoms. The molecule has 7 heteroatoms. The molecule has 0 spiro atoms. The van der Waals surface area contributed by atoms with E-state index in [0.717, 1.165) is 40.2 Å². The van der Waals surface area contributed by atoms with Crippen molar-refractivity contribution in [2.45, 2.75) is 13.1 Å². The van der Waals surface area contributed by atoms with Crippen LogP contribution in [0.15, 0.2) is 97.1 Å². The Kier molecular flexibility index (Phi) is 6.68. The predicted molar refractivity (Wildman–Crippen MR) is 143 cm³/mol. The summed E-state index contributed by atoms with van der Waals surface area (Å²) >= 11 is 0. The van der Waals surface area contributed by atoms with Crippen molar-refractivity contribution in [2.75, 3.05) is 14.2 Å². The van der Waals surface area contributed by atoms with Gasteiger partial charge in [-0.2, -0.15) is 13.2 Å². The maximum absolute atomic E-state index is 13.3. The third kappa shape index (κ3) is 4.63. The minimum absolute atomic E-state index is 0.490. The molecule has 0 N–H and O–H groups in total. The van der Waals surface area contributed by atoms with Crippen molar-refractivity contribution in [3.8, 4) is 51.1 Å². The van der Waals surface area contributed by atoms with Gasteiger partial charge in [-0.15, -0.1) is 0 Å². The molecule has 0 aliphatic rings. The molecule has 0 saturated carbocycles. The minimum Gasteiger partial charge on any atom is -0.496 e. The van der Waals surface area contributed by atoms with E-state index in [4.69, 9.17) is 14.5 Å². The highest BCUT2D eigenvalue weighted by molar-refractivity contribution is 5.88. The van der Waals surface area contributed by atoms with Crippen LogP contribution in [0.4, 0.5) is 13.2 Å². The summed E-state index contributed by atoms with van der Waals surface area (Å²) in [5.41, 5.74) is 4.57. The van der Waals surface area contributed by atoms with Gasteiger partial charge in [0.05, 0.1) is 25.5 Å². The summed E-state index contributed by atoms with van der Waals surface area (Å²) < 4.78 is 53.4. The molecule has 0 saturated heterocycles. The average Bonchev–Trinajstić information content (AvgIpc) is 3.33. The van der Waals surface area contributed by atoms with Crippen molar-refractivity contribution in [1.82, 2.24) is 9.55 Å². The van der Waals surface area contributed by atoms with E-state index in [1.54, 1.807) is 14.2 Å². The second-order valence-electron chi connectivity index (χ2n) is 8.78. The summed E-state index contributed by atoms with van der Waals surface area (Å²) in [6, 6.07) is 28.1. The number of hydrogen-bond acceptors (Lipinski definition) is 3. The number of nitrogens with zero attached hydrogens (tertiary/aromatic N) is 2. The highest BCUT2D eigenvalue weighted by Crippen LogP contribution is 2.44. The fourth-order valence-corrected chi connectivity index (χ4v) is 4.48. The Hall–Kier alpha value is -4.52. The van der Waals surface area contributed by atoms with Crippen LogP contribution in [0.25, 0.3) is 39.6 Å². The first kappa shape index (κ1) is 25.1. The fraction of sp³-hybridized carbons (Fsp3) is 0.129. The molecule has 4 aromatic carbocycles. The molecule has 192 valence electrons. The van der Waals surface area contributed by atoms with Crippen LogP contribution < -0.4 is 9.47 Å². The summed E-state index contributed by atoms with van der Waals surface area (Å²) in [6.45, 7) is 2.00. The van der Waals surface area contributed by atoms with E-state index in [0.29, 0.717) is 28.6 Å². The molecular formula is C31H25F3N2O2. The number of hydrogen-bond donors (Lipinski definition) is 0. The van der Waals surface area contributed by atoms with Crippen molar-refractivity contribution in [1.29, 1.82) is 0 Å². The zero-order chi connectivity index (χ0) is 26.9. The number of aryl methyl sites for hydroxylation is 1. The van der Waals surface area contributed by atoms with Gasteiger partial charge in [0.1, 0.15) is 23.0 Å². The van der Waals surface area contributed by atoms with E-state index in [2.05, 4.69) is 0 Å². The van der Waals surface area contributed by atoms with Gasteiger partial charge in [-0.1, -0.05) is 54.1 Å². The lowest BCUT2D eigenvalue weighted by Crippen LogP contribution is -2.05. The van der Waals surface area contributed by atoms with Crippen LogP contribution in [0.2, 0.25) is 0 Å². The van der Waals surface area contributed by atoms with E-state index in [1.807, 2.05) is 84.3 Å². The maximum Gasteiger partial charge on any atom is 0.416 e. The molecule has 4 nitrogen and oxygen atoms in total. The van der Waals surface area contributed by atoms with Crippen LogP contribution in [-0.4, -0.2) is 23.8 Å². The van der Waals surface area contributed by atoms with Crippen LogP contribution >= 0.6 is 0 Å². The summed E-state index contributed by atoms with van der Waals surface area (Å²) in [5, 5.41) is 0. The Morgan fingerprint density at radius 2 is 1.24 bits per heavy atom. The lowest BCUT2D eigenvalue weighted by atomic mass is 10.0. The Bertz CT molecular complexity index is 1570. The van der Waals surface area contributed by atoms with E-state index >= 15 is 0 Å². The smallest absolute Gasteiger partial charge is 0.416 e. The molecule has 1 heterocycles. The normalized spacial score (nSPS) is 11.4. The molecule has 0 atom stereocenters. The first-order valence-electron chi connectivity index (χ1n) is 12.0. The summed E-state index contributed by atoms with van der Waals surface area (Å²) in [6.07, 6.45) is -4.43. The Balaban J connectivity index is 1.89. The molecule has 0 aliphatic heterocycles. The fourth-order valence-electron chi connectivity index (χ4n) is 4.48. The standard InChI is InChI=1S/C31H25F3N2O2/c1-20-12-18-23(19-13-20)36-29(25-9-5-7-11-27(25)38-3)28(24-8-4-6-10-26(24)37-2)35-30(36)21-14-16-22(17-15-21)31(32,33)34/h4-19H,1-3H3. The van der Waals surface area contributed by atoms with Gasteiger partial charge in [-0.05, 0) is 55.5 Å². The number of rotatable bonds is 6. The molecule has 5 aromatic rings. The van der Waals surface area contributed by atoms with E-state index in [-0.39, 0.29) is 0 Å². The first-order chi connectivity index (χ1) is 18.3. The quantitative estimate of drug-likeness (QED) is 0.229. The van der Waals surface area contributed by atoms with Crippen LogP contribution in [0.3, 0.4) is 0 Å². The lowest BCUT2D eigenvalue weighted by molar-refractivity contribution is -0.137. The number of imidazole rings is 1. The van der Waals surface area contributed by atoms with Gasteiger partial charge < -0.3 is 9.47 Å². The SMILES string of the molecule is COc1ccccc1-c1nc(-c2ccc(C(F)(F)F)cc2)n(-c2ccc(C)cc2)c1-c1ccccc1OC. The molecular weight excluding hydrogens is 489 g/mol. The number of methoxy groups -OCH3 is 2. The number of aromatic nitrogens is 2. The summed E-state index contributed by atoms with van der Waals surface area (Å²) in [5.74, 6) is 1.75. The van der Waals surface area contributed by atoms with E-state index in [9.17, 15) is 13.2 Å². The second-order valence-corrected chi connectivity index (χ2v) is 8.78. The molecule has 0 bridgehead atoms. The first-order valence-corrected chi connectivity index (χ1v) is 12.0. The van der Waals surface area contributed by atoms with Gasteiger partial charge in [-0.3, -0.25) is 4.57 Å². The zero-order valence-electron chi connectivity index (χ0n) is 21.1. The highest BCUT2D eigenvalue weighted by Gasteiger charge is 2.31. The largest absolute Gasteiger partial charge is 0.496 e. The van der Waals surface area contributed by atoms with Crippen LogP contribution in [-0.2, 0) is 6.18 Å². The Labute approximate surface area is 218 Å². The number of ether oxygens (including phenoxy) is 2. The maximum atomic E-state index is 13.3. The highest BCUT2D eigenvalue weighted by atomic mass is 19.4. The van der Waals surface area contributed by atoms with Gasteiger partial charge >= 0.3 is 6.18 Å². The van der Waals surface area contributed by atoms with Crippen molar-refractivity contribution in [2.24, 2.45) is 0 Å². The zero-order valence-corrected chi connectivity index (χ0v) is 21.1. The number of benzene rings is 4. The van der Waals surface area contributed by atoms with Crippen LogP contribution in [0, 0.1) is 6.92 Å². The Morgan fingerprint density at radius 3 is 1.82 bits per heavy atom. The van der Waals surface area contributed by atoms with Gasteiger partial charge in [0.2, 0.25) is 0 Å². The summed E-state index contributed by atoms with van der Waals surface area (Å²) in [7, 11) is 3.19. The lowest BCUT2D eigenvalue weighted by Gasteiger charge is -2.16. The molecule has 0 unspecified atom stereocenters. The number of halogens is 3. The second kappa shape index (κ2) is 10.1. The Morgan fingerprint density at radius 1 is 0.684 bits per heavy atom. The third-order valence-electron chi connectivity index (χ3n) is 6.36. The molecule has 0 aliphatic carbocycles. The predicted octanol–water partition coefficient (Wildman–Crippen LogP) is 8.22. The molecule has 0 fully saturated rings. The van der Waals surface area contributed by atoms with Gasteiger partial charge in [-0.25, -0.2) is 4.98 Å². The monoisotopic (exact) mass is 514 g/mol. The van der Waals surface area contributed by atoms with Crippen LogP contribution in [0.5, 0.6) is 11.5 Å². The van der Waals surface area contributed by atoms with Gasteiger partial charge in [0, 0.05) is 22.4 Å². The summed E-state index contributed by atoms with van der Waals surface area (Å²) in [4.78, 5) is 5.05. The minimum atomic E-state index is -4.43. The van der Waals surface area contributed by atoms with Crippen molar-refractivity contribution in [3.05, 3.63) is 108 Å². The van der Waals surface area contributed by atoms with Gasteiger partial charge in [0.15, 0.2) is 0 Å². The number of alkyl halides is 3. The van der Waals surface area contributed by atoms with Crippen molar-refractivity contribution in [3.63, 3.8) is 0 Å². The van der Waals surface area contributed by atoms with Crippen molar-refractivity contribution >= 4 is 0 Å². The van der Waals surface area contributed by atoms with E-state index < -0.39 is 11.7 Å². The molecule has 0 radical (unpaired) electrons. The topological polar surface area (TPSA) is 36.3 Å². The molecule has 1 aromatic heterocycles. The number of para-hydroxylation sites is 2. The average molecular weight is 515 g/mol. The van der Waals surface area contributed by atoms with E-state index in [1.165, 1.54) is 12.1 Å². The third-order valence-corrected chi connectivity index (χ3v) is 6.36.